The van der Waals surface area contributed by atoms with Gasteiger partial charge >= 0.3 is 5.97 Å². The van der Waals surface area contributed by atoms with Crippen molar-refractivity contribution in [2.45, 2.75) is 46.1 Å². The number of amides is 2. The SMILES string of the molecule is COc1ccc(-c2noc(CC(=O)NC(C)(C)CC(C)(C)C(=O)NCC(=O)O)c2-c2ccc(OC)cc2)cc1. The van der Waals surface area contributed by atoms with Gasteiger partial charge in [-0.1, -0.05) is 31.1 Å². The van der Waals surface area contributed by atoms with Crippen LogP contribution in [-0.4, -0.2) is 54.4 Å². The van der Waals surface area contributed by atoms with Crippen molar-refractivity contribution >= 4 is 17.8 Å². The molecular weight excluding hydrogens is 502 g/mol. The van der Waals surface area contributed by atoms with Gasteiger partial charge in [-0.3, -0.25) is 14.4 Å². The summed E-state index contributed by atoms with van der Waals surface area (Å²) in [5, 5.41) is 18.5. The molecule has 1 heterocycles. The van der Waals surface area contributed by atoms with Gasteiger partial charge in [0.2, 0.25) is 11.8 Å². The molecule has 0 aliphatic carbocycles. The van der Waals surface area contributed by atoms with Crippen molar-refractivity contribution < 1.29 is 33.5 Å². The number of hydrogen-bond donors (Lipinski definition) is 3. The fraction of sp³-hybridized carbons (Fsp3) is 0.379. The monoisotopic (exact) mass is 537 g/mol. The van der Waals surface area contributed by atoms with Gasteiger partial charge in [0, 0.05) is 16.5 Å². The van der Waals surface area contributed by atoms with E-state index in [0.29, 0.717) is 28.5 Å². The van der Waals surface area contributed by atoms with Crippen molar-refractivity contribution in [3.8, 4) is 33.9 Å². The average molecular weight is 538 g/mol. The molecule has 0 aliphatic heterocycles. The number of aromatic nitrogens is 1. The molecule has 1 aromatic heterocycles. The molecule has 0 spiro atoms. The van der Waals surface area contributed by atoms with Crippen LogP contribution in [0, 0.1) is 5.41 Å². The van der Waals surface area contributed by atoms with E-state index in [2.05, 4.69) is 15.8 Å². The molecule has 3 aromatic rings. The van der Waals surface area contributed by atoms with Crippen molar-refractivity contribution in [2.24, 2.45) is 5.41 Å². The van der Waals surface area contributed by atoms with Crippen molar-refractivity contribution in [1.29, 1.82) is 0 Å². The molecule has 39 heavy (non-hydrogen) atoms. The molecule has 208 valence electrons. The van der Waals surface area contributed by atoms with E-state index in [1.165, 1.54) is 0 Å². The zero-order valence-electron chi connectivity index (χ0n) is 23.1. The van der Waals surface area contributed by atoms with Gasteiger partial charge in [-0.25, -0.2) is 0 Å². The van der Waals surface area contributed by atoms with Crippen LogP contribution >= 0.6 is 0 Å². The first-order valence-electron chi connectivity index (χ1n) is 12.4. The molecule has 0 aliphatic rings. The zero-order chi connectivity index (χ0) is 28.8. The number of nitrogens with zero attached hydrogens (tertiary/aromatic N) is 1. The summed E-state index contributed by atoms with van der Waals surface area (Å²) in [7, 11) is 3.18. The largest absolute Gasteiger partial charge is 0.497 e. The maximum atomic E-state index is 13.2. The van der Waals surface area contributed by atoms with Crippen LogP contribution in [0.3, 0.4) is 0 Å². The quantitative estimate of drug-likeness (QED) is 0.314. The van der Waals surface area contributed by atoms with E-state index in [-0.39, 0.29) is 18.7 Å². The van der Waals surface area contributed by atoms with Crippen molar-refractivity contribution in [2.75, 3.05) is 20.8 Å². The molecule has 0 bridgehead atoms. The van der Waals surface area contributed by atoms with Gasteiger partial charge in [0.1, 0.15) is 23.7 Å². The van der Waals surface area contributed by atoms with Crippen LogP contribution in [0.4, 0.5) is 0 Å². The Balaban J connectivity index is 1.84. The van der Waals surface area contributed by atoms with Crippen LogP contribution in [0.15, 0.2) is 53.1 Å². The van der Waals surface area contributed by atoms with Gasteiger partial charge < -0.3 is 29.7 Å². The number of carboxylic acids is 1. The highest BCUT2D eigenvalue weighted by atomic mass is 16.5. The number of nitrogens with one attached hydrogen (secondary N) is 2. The summed E-state index contributed by atoms with van der Waals surface area (Å²) in [5.41, 5.74) is 1.17. The van der Waals surface area contributed by atoms with Crippen LogP contribution in [-0.2, 0) is 20.8 Å². The number of rotatable bonds is 12. The summed E-state index contributed by atoms with van der Waals surface area (Å²) in [6.45, 7) is 6.56. The molecule has 3 N–H and O–H groups in total. The highest BCUT2D eigenvalue weighted by Crippen LogP contribution is 2.36. The first-order valence-corrected chi connectivity index (χ1v) is 12.4. The second kappa shape index (κ2) is 12.0. The highest BCUT2D eigenvalue weighted by molar-refractivity contribution is 5.88. The third-order valence-corrected chi connectivity index (χ3v) is 6.20. The Kier molecular flexibility index (Phi) is 9.00. The average Bonchev–Trinajstić information content (AvgIpc) is 3.29. The Labute approximate surface area is 227 Å². The Hall–Kier alpha value is -4.34. The van der Waals surface area contributed by atoms with E-state index in [1.54, 1.807) is 28.1 Å². The second-order valence-corrected chi connectivity index (χ2v) is 10.5. The van der Waals surface area contributed by atoms with E-state index in [0.717, 1.165) is 11.1 Å². The normalized spacial score (nSPS) is 11.5. The number of hydrogen-bond acceptors (Lipinski definition) is 7. The van der Waals surface area contributed by atoms with Crippen molar-refractivity contribution in [3.63, 3.8) is 0 Å². The maximum Gasteiger partial charge on any atom is 0.322 e. The molecule has 0 fully saturated rings. The third-order valence-electron chi connectivity index (χ3n) is 6.20. The molecule has 0 saturated carbocycles. The summed E-state index contributed by atoms with van der Waals surface area (Å²) < 4.78 is 16.2. The fourth-order valence-corrected chi connectivity index (χ4v) is 4.64. The van der Waals surface area contributed by atoms with Gasteiger partial charge in [0.25, 0.3) is 0 Å². The Morgan fingerprint density at radius 1 is 0.897 bits per heavy atom. The third kappa shape index (κ3) is 7.59. The van der Waals surface area contributed by atoms with Crippen LogP contribution in [0.2, 0.25) is 0 Å². The summed E-state index contributed by atoms with van der Waals surface area (Å²) in [6.07, 6.45) is 0.190. The molecule has 2 aromatic carbocycles. The number of benzene rings is 2. The zero-order valence-corrected chi connectivity index (χ0v) is 23.1. The highest BCUT2D eigenvalue weighted by Gasteiger charge is 2.36. The smallest absolute Gasteiger partial charge is 0.322 e. The molecule has 3 rings (SSSR count). The van der Waals surface area contributed by atoms with Crippen LogP contribution in [0.5, 0.6) is 11.5 Å². The lowest BCUT2D eigenvalue weighted by Crippen LogP contribution is -2.50. The molecule has 0 atom stereocenters. The second-order valence-electron chi connectivity index (χ2n) is 10.5. The number of ether oxygens (including phenoxy) is 2. The Bertz CT molecular complexity index is 1310. The Morgan fingerprint density at radius 2 is 1.44 bits per heavy atom. The predicted octanol–water partition coefficient (Wildman–Crippen LogP) is 4.08. The number of carboxylic acid groups (broad SMARTS) is 1. The van der Waals surface area contributed by atoms with E-state index >= 15 is 0 Å². The molecule has 2 amide bonds. The van der Waals surface area contributed by atoms with Gasteiger partial charge in [0.15, 0.2) is 5.76 Å². The number of aliphatic carboxylic acids is 1. The van der Waals surface area contributed by atoms with Crippen molar-refractivity contribution in [1.82, 2.24) is 15.8 Å². The lowest BCUT2D eigenvalue weighted by Gasteiger charge is -2.34. The predicted molar refractivity (Wildman–Crippen MR) is 145 cm³/mol. The van der Waals surface area contributed by atoms with E-state index < -0.39 is 29.4 Å². The Morgan fingerprint density at radius 3 is 1.95 bits per heavy atom. The van der Waals surface area contributed by atoms with E-state index in [9.17, 15) is 14.4 Å². The molecule has 10 nitrogen and oxygen atoms in total. The van der Waals surface area contributed by atoms with Gasteiger partial charge in [-0.2, -0.15) is 0 Å². The lowest BCUT2D eigenvalue weighted by molar-refractivity contribution is -0.140. The first-order chi connectivity index (χ1) is 18.3. The minimum atomic E-state index is -1.12. The van der Waals surface area contributed by atoms with Gasteiger partial charge in [-0.05, 0) is 62.2 Å². The number of methoxy groups -OCH3 is 2. The molecular formula is C29H35N3O7. The summed E-state index contributed by atoms with van der Waals surface area (Å²) >= 11 is 0. The number of carbonyl (C=O) groups is 3. The van der Waals surface area contributed by atoms with Crippen LogP contribution < -0.4 is 20.1 Å². The summed E-state index contributed by atoms with van der Waals surface area (Å²) in [4.78, 5) is 36.5. The van der Waals surface area contributed by atoms with E-state index in [1.807, 2.05) is 62.4 Å². The topological polar surface area (TPSA) is 140 Å². The molecule has 0 saturated heterocycles. The number of carbonyl (C=O) groups excluding carboxylic acids is 2. The summed E-state index contributed by atoms with van der Waals surface area (Å²) in [5.74, 6) is -0.0626. The minimum Gasteiger partial charge on any atom is -0.497 e. The molecule has 0 radical (unpaired) electrons. The maximum absolute atomic E-state index is 13.2. The van der Waals surface area contributed by atoms with Crippen molar-refractivity contribution in [3.05, 3.63) is 54.3 Å². The first kappa shape index (κ1) is 29.2. The standard InChI is InChI=1S/C29H35N3O7/c1-28(2,27(36)30-16-24(34)35)17-29(3,4)31-23(33)15-22-25(18-7-11-20(37-5)12-8-18)26(32-39-22)19-9-13-21(38-6)14-10-19/h7-14H,15-17H2,1-6H3,(H,30,36)(H,31,33)(H,34,35). The van der Waals surface area contributed by atoms with E-state index in [4.69, 9.17) is 19.1 Å². The van der Waals surface area contributed by atoms with Crippen LogP contribution in [0.25, 0.3) is 22.4 Å². The summed E-state index contributed by atoms with van der Waals surface area (Å²) in [6, 6.07) is 14.8. The minimum absolute atomic E-state index is 0.0837. The van der Waals surface area contributed by atoms with Gasteiger partial charge in [-0.15, -0.1) is 0 Å². The lowest BCUT2D eigenvalue weighted by atomic mass is 9.79. The van der Waals surface area contributed by atoms with Crippen LogP contribution in [0.1, 0.15) is 39.9 Å². The van der Waals surface area contributed by atoms with Gasteiger partial charge in [0.05, 0.1) is 26.2 Å². The molecule has 10 heteroatoms. The molecule has 0 unspecified atom stereocenters. The fourth-order valence-electron chi connectivity index (χ4n) is 4.64.